The number of hydrogen-bond donors (Lipinski definition) is 1. The van der Waals surface area contributed by atoms with Crippen molar-refractivity contribution in [3.63, 3.8) is 0 Å². The molecule has 2 aromatic rings. The highest BCUT2D eigenvalue weighted by Gasteiger charge is 2.58. The minimum Gasteiger partial charge on any atom is -0.371 e. The topological polar surface area (TPSA) is 66.0 Å². The van der Waals surface area contributed by atoms with Gasteiger partial charge in [0.05, 0.1) is 25.4 Å². The smallest absolute Gasteiger partial charge is 0.252 e. The molecule has 1 saturated carbocycles. The van der Waals surface area contributed by atoms with Crippen LogP contribution in [0.15, 0.2) is 48.5 Å². The van der Waals surface area contributed by atoms with Gasteiger partial charge in [0.15, 0.2) is 11.4 Å². The number of hydrogen-bond acceptors (Lipinski definition) is 5. The van der Waals surface area contributed by atoms with Crippen molar-refractivity contribution < 1.29 is 28.1 Å². The minimum absolute atomic E-state index is 0.0547. The normalized spacial score (nSPS) is 27.6. The van der Waals surface area contributed by atoms with Gasteiger partial charge in [-0.05, 0) is 51.5 Å². The lowest BCUT2D eigenvalue weighted by atomic mass is 9.78. The summed E-state index contributed by atoms with van der Waals surface area (Å²) in [4.78, 5) is 13.6. The van der Waals surface area contributed by atoms with Gasteiger partial charge in [-0.1, -0.05) is 41.9 Å². The van der Waals surface area contributed by atoms with Crippen LogP contribution < -0.4 is 5.32 Å². The Morgan fingerprint density at radius 1 is 1.14 bits per heavy atom. The molecule has 1 heterocycles. The summed E-state index contributed by atoms with van der Waals surface area (Å²) >= 11 is 6.14. The summed E-state index contributed by atoms with van der Waals surface area (Å²) in [5.74, 6) is -1.48. The molecule has 0 aromatic heterocycles. The zero-order valence-electron chi connectivity index (χ0n) is 20.6. The number of amides is 1. The van der Waals surface area contributed by atoms with Crippen LogP contribution >= 0.6 is 11.6 Å². The second-order valence-corrected chi connectivity index (χ2v) is 10.5. The maximum Gasteiger partial charge on any atom is 0.252 e. The van der Waals surface area contributed by atoms with E-state index in [1.807, 2.05) is 45.9 Å². The molecule has 1 amide bonds. The maximum atomic E-state index is 14.4. The van der Waals surface area contributed by atoms with Gasteiger partial charge < -0.3 is 24.3 Å². The number of fused-ring (bicyclic) bond motifs is 1. The molecule has 8 heteroatoms. The first-order valence-corrected chi connectivity index (χ1v) is 12.3. The van der Waals surface area contributed by atoms with Crippen LogP contribution in [-0.2, 0) is 37.0 Å². The highest BCUT2D eigenvalue weighted by atomic mass is 35.5. The SMILES string of the molecule is CC(C)NC(=O)[C@@]1(OCc2ccccc2F)C[C@@H](OCc2cccc(Cl)c2)[C@@H]2OC(C)(C)O[C@@H]2C1. The molecular formula is C27H33ClFNO5. The fourth-order valence-corrected chi connectivity index (χ4v) is 4.98. The Morgan fingerprint density at radius 3 is 2.63 bits per heavy atom. The minimum atomic E-state index is -1.28. The van der Waals surface area contributed by atoms with Gasteiger partial charge in [-0.25, -0.2) is 4.39 Å². The van der Waals surface area contributed by atoms with Gasteiger partial charge in [0.2, 0.25) is 0 Å². The van der Waals surface area contributed by atoms with E-state index >= 15 is 0 Å². The van der Waals surface area contributed by atoms with Crippen molar-refractivity contribution in [2.45, 2.75) is 89.5 Å². The van der Waals surface area contributed by atoms with Crippen LogP contribution in [0.25, 0.3) is 0 Å². The van der Waals surface area contributed by atoms with E-state index in [2.05, 4.69) is 5.32 Å². The molecule has 2 aliphatic rings. The Bertz CT molecular complexity index is 1050. The molecule has 0 radical (unpaired) electrons. The summed E-state index contributed by atoms with van der Waals surface area (Å²) in [6.45, 7) is 7.69. The molecule has 2 fully saturated rings. The van der Waals surface area contributed by atoms with E-state index in [-0.39, 0.29) is 49.9 Å². The zero-order chi connectivity index (χ0) is 25.2. The van der Waals surface area contributed by atoms with Gasteiger partial charge in [0.25, 0.3) is 5.91 Å². The van der Waals surface area contributed by atoms with Crippen LogP contribution in [0, 0.1) is 5.82 Å². The highest BCUT2D eigenvalue weighted by Crippen LogP contribution is 2.44. The van der Waals surface area contributed by atoms with Crippen LogP contribution in [0.4, 0.5) is 4.39 Å². The second-order valence-electron chi connectivity index (χ2n) is 10.0. The lowest BCUT2D eigenvalue weighted by Crippen LogP contribution is -2.60. The molecule has 190 valence electrons. The van der Waals surface area contributed by atoms with E-state index in [4.69, 9.17) is 30.5 Å². The van der Waals surface area contributed by atoms with Crippen molar-refractivity contribution >= 4 is 17.5 Å². The maximum absolute atomic E-state index is 14.4. The summed E-state index contributed by atoms with van der Waals surface area (Å²) in [5, 5.41) is 3.60. The fraction of sp³-hybridized carbons (Fsp3) is 0.519. The third kappa shape index (κ3) is 6.22. The van der Waals surface area contributed by atoms with Gasteiger partial charge in [-0.2, -0.15) is 0 Å². The van der Waals surface area contributed by atoms with Gasteiger partial charge in [-0.15, -0.1) is 0 Å². The number of ether oxygens (including phenoxy) is 4. The quantitative estimate of drug-likeness (QED) is 0.537. The summed E-state index contributed by atoms with van der Waals surface area (Å²) in [6.07, 6.45) is -0.789. The Kier molecular flexibility index (Phi) is 7.83. The summed E-state index contributed by atoms with van der Waals surface area (Å²) < 4.78 is 39.3. The van der Waals surface area contributed by atoms with Crippen molar-refractivity contribution in [1.29, 1.82) is 0 Å². The number of carbonyl (C=O) groups excluding carboxylic acids is 1. The average Bonchev–Trinajstić information content (AvgIpc) is 3.10. The number of carbonyl (C=O) groups is 1. The average molecular weight is 506 g/mol. The third-order valence-electron chi connectivity index (χ3n) is 6.30. The zero-order valence-corrected chi connectivity index (χ0v) is 21.3. The number of halogens is 2. The van der Waals surface area contributed by atoms with E-state index in [1.165, 1.54) is 6.07 Å². The molecular weight excluding hydrogens is 473 g/mol. The van der Waals surface area contributed by atoms with E-state index in [9.17, 15) is 9.18 Å². The first-order chi connectivity index (χ1) is 16.6. The van der Waals surface area contributed by atoms with Crippen molar-refractivity contribution in [2.75, 3.05) is 0 Å². The fourth-order valence-electron chi connectivity index (χ4n) is 4.76. The van der Waals surface area contributed by atoms with Gasteiger partial charge in [0, 0.05) is 29.5 Å². The molecule has 1 N–H and O–H groups in total. The first kappa shape index (κ1) is 26.0. The third-order valence-corrected chi connectivity index (χ3v) is 6.53. The predicted molar refractivity (Wildman–Crippen MR) is 130 cm³/mol. The Hall–Kier alpha value is -2.03. The van der Waals surface area contributed by atoms with Crippen LogP contribution in [0.5, 0.6) is 0 Å². The van der Waals surface area contributed by atoms with Gasteiger partial charge in [-0.3, -0.25) is 4.79 Å². The van der Waals surface area contributed by atoms with E-state index < -0.39 is 23.6 Å². The standard InChI is InChI=1S/C27H33ClFNO5/c1-17(2)30-25(31)27(33-16-19-9-5-6-11-21(19)29)13-22(24-23(14-27)34-26(3,4)35-24)32-15-18-8-7-10-20(28)12-18/h5-12,17,22-24H,13-16H2,1-4H3,(H,30,31)/t22-,23-,24+,27-/m1/s1. The molecule has 35 heavy (non-hydrogen) atoms. The van der Waals surface area contributed by atoms with E-state index in [0.717, 1.165) is 5.56 Å². The van der Waals surface area contributed by atoms with Crippen LogP contribution in [0.2, 0.25) is 5.02 Å². The molecule has 1 aliphatic heterocycles. The van der Waals surface area contributed by atoms with Gasteiger partial charge in [0.1, 0.15) is 11.9 Å². The summed E-state index contributed by atoms with van der Waals surface area (Å²) in [5.41, 5.74) is 0.00483. The van der Waals surface area contributed by atoms with Crippen LogP contribution in [0.1, 0.15) is 51.7 Å². The van der Waals surface area contributed by atoms with E-state index in [1.54, 1.807) is 24.3 Å². The molecule has 0 bridgehead atoms. The monoisotopic (exact) mass is 505 g/mol. The number of benzene rings is 2. The van der Waals surface area contributed by atoms with Crippen LogP contribution in [-0.4, -0.2) is 41.6 Å². The first-order valence-electron chi connectivity index (χ1n) is 12.0. The second kappa shape index (κ2) is 10.5. The van der Waals surface area contributed by atoms with Crippen molar-refractivity contribution in [3.8, 4) is 0 Å². The Labute approximate surface area is 211 Å². The lowest BCUT2D eigenvalue weighted by molar-refractivity contribution is -0.184. The molecule has 1 saturated heterocycles. The molecule has 2 aromatic carbocycles. The molecule has 0 spiro atoms. The number of rotatable bonds is 8. The molecule has 1 aliphatic carbocycles. The molecule has 4 rings (SSSR count). The molecule has 0 unspecified atom stereocenters. The van der Waals surface area contributed by atoms with Crippen molar-refractivity contribution in [1.82, 2.24) is 5.32 Å². The van der Waals surface area contributed by atoms with Crippen molar-refractivity contribution in [3.05, 3.63) is 70.5 Å². The van der Waals surface area contributed by atoms with Crippen LogP contribution in [0.3, 0.4) is 0 Å². The Balaban J connectivity index is 1.62. The van der Waals surface area contributed by atoms with E-state index in [0.29, 0.717) is 10.6 Å². The predicted octanol–water partition coefficient (Wildman–Crippen LogP) is 5.16. The molecule has 4 atom stereocenters. The Morgan fingerprint density at radius 2 is 1.91 bits per heavy atom. The molecule has 6 nitrogen and oxygen atoms in total. The summed E-state index contributed by atoms with van der Waals surface area (Å²) in [6, 6.07) is 13.7. The largest absolute Gasteiger partial charge is 0.371 e. The number of nitrogens with one attached hydrogen (secondary N) is 1. The van der Waals surface area contributed by atoms with Gasteiger partial charge >= 0.3 is 0 Å². The van der Waals surface area contributed by atoms with Crippen molar-refractivity contribution in [2.24, 2.45) is 0 Å². The lowest BCUT2D eigenvalue weighted by Gasteiger charge is -2.43. The highest BCUT2D eigenvalue weighted by molar-refractivity contribution is 6.30. The summed E-state index contributed by atoms with van der Waals surface area (Å²) in [7, 11) is 0.